The maximum atomic E-state index is 12.5. The van der Waals surface area contributed by atoms with Crippen LogP contribution in [0.3, 0.4) is 0 Å². The molecule has 0 N–H and O–H groups in total. The number of ether oxygens (including phenoxy) is 2. The molecule has 2 atom stereocenters. The van der Waals surface area contributed by atoms with Crippen molar-refractivity contribution < 1.29 is 13.9 Å². The van der Waals surface area contributed by atoms with Gasteiger partial charge in [-0.25, -0.2) is 0 Å². The Morgan fingerprint density at radius 3 is 2.50 bits per heavy atom. The van der Waals surface area contributed by atoms with E-state index in [1.165, 1.54) is 5.56 Å². The molecule has 0 bridgehead atoms. The van der Waals surface area contributed by atoms with Gasteiger partial charge in [0.05, 0.1) is 12.2 Å². The van der Waals surface area contributed by atoms with E-state index in [0.717, 1.165) is 29.9 Å². The van der Waals surface area contributed by atoms with Gasteiger partial charge in [-0.05, 0) is 25.8 Å². The third-order valence-corrected chi connectivity index (χ3v) is 4.76. The fourth-order valence-corrected chi connectivity index (χ4v) is 3.67. The number of aryl methyl sites for hydroxylation is 2. The Morgan fingerprint density at radius 1 is 1.04 bits per heavy atom. The summed E-state index contributed by atoms with van der Waals surface area (Å²) in [4.78, 5) is 12.5. The summed E-state index contributed by atoms with van der Waals surface area (Å²) in [6.45, 7) is 3.83. The van der Waals surface area contributed by atoms with Crippen molar-refractivity contribution >= 4 is 0 Å². The van der Waals surface area contributed by atoms with E-state index in [1.54, 1.807) is 6.07 Å². The number of hydrogen-bond acceptors (Lipinski definition) is 4. The van der Waals surface area contributed by atoms with Crippen molar-refractivity contribution in [3.05, 3.63) is 69.3 Å². The van der Waals surface area contributed by atoms with Gasteiger partial charge in [-0.2, -0.15) is 0 Å². The summed E-state index contributed by atoms with van der Waals surface area (Å²) in [5.74, 6) is 0.934. The van der Waals surface area contributed by atoms with Gasteiger partial charge < -0.3 is 13.9 Å². The van der Waals surface area contributed by atoms with Gasteiger partial charge in [-0.15, -0.1) is 0 Å². The summed E-state index contributed by atoms with van der Waals surface area (Å²) >= 11 is 0. The molecule has 4 heteroatoms. The minimum atomic E-state index is -0.587. The molecule has 4 nitrogen and oxygen atoms in total. The lowest BCUT2D eigenvalue weighted by Gasteiger charge is -2.23. The maximum Gasteiger partial charge on any atom is 0.188 e. The molecule has 1 fully saturated rings. The van der Waals surface area contributed by atoms with Crippen LogP contribution in [0.25, 0.3) is 0 Å². The molecule has 0 spiro atoms. The lowest BCUT2D eigenvalue weighted by atomic mass is 9.92. The third-order valence-electron chi connectivity index (χ3n) is 4.76. The zero-order chi connectivity index (χ0) is 16.7. The van der Waals surface area contributed by atoms with E-state index < -0.39 is 5.79 Å². The van der Waals surface area contributed by atoms with Crippen molar-refractivity contribution in [3.8, 4) is 0 Å². The van der Waals surface area contributed by atoms with Crippen LogP contribution < -0.4 is 5.43 Å². The second-order valence-corrected chi connectivity index (χ2v) is 7.08. The van der Waals surface area contributed by atoms with E-state index in [1.807, 2.05) is 32.0 Å². The largest absolute Gasteiger partial charge is 0.465 e. The van der Waals surface area contributed by atoms with Crippen LogP contribution in [0, 0.1) is 0 Å². The highest BCUT2D eigenvalue weighted by molar-refractivity contribution is 5.26. The fraction of sp³-hybridized carbons (Fsp3) is 0.450. The quantitative estimate of drug-likeness (QED) is 0.870. The van der Waals surface area contributed by atoms with Gasteiger partial charge in [0.2, 0.25) is 0 Å². The predicted molar refractivity (Wildman–Crippen MR) is 90.1 cm³/mol. The SMILES string of the molecule is CC1(C)O[C@H]2Cc3c(oc(CCc4ccccc4)cc3=O)C[C@H]2O1. The molecule has 1 saturated heterocycles. The van der Waals surface area contributed by atoms with Gasteiger partial charge in [0.15, 0.2) is 11.2 Å². The summed E-state index contributed by atoms with van der Waals surface area (Å²) in [7, 11) is 0. The smallest absolute Gasteiger partial charge is 0.188 e. The Morgan fingerprint density at radius 2 is 1.75 bits per heavy atom. The topological polar surface area (TPSA) is 48.7 Å². The van der Waals surface area contributed by atoms with Gasteiger partial charge in [-0.1, -0.05) is 30.3 Å². The van der Waals surface area contributed by atoms with Crippen molar-refractivity contribution in [2.75, 3.05) is 0 Å². The van der Waals surface area contributed by atoms with Crippen LogP contribution in [0.1, 0.15) is 36.5 Å². The van der Waals surface area contributed by atoms with Crippen LogP contribution in [-0.4, -0.2) is 18.0 Å². The fourth-order valence-electron chi connectivity index (χ4n) is 3.67. The Hall–Kier alpha value is -1.91. The molecule has 0 radical (unpaired) electrons. The average molecular weight is 326 g/mol. The molecular formula is C20H22O4. The zero-order valence-electron chi connectivity index (χ0n) is 14.1. The summed E-state index contributed by atoms with van der Waals surface area (Å²) < 4.78 is 17.9. The van der Waals surface area contributed by atoms with Gasteiger partial charge in [-0.3, -0.25) is 4.79 Å². The molecule has 0 saturated carbocycles. The number of fused-ring (bicyclic) bond motifs is 2. The molecule has 1 aromatic carbocycles. The van der Waals surface area contributed by atoms with Crippen molar-refractivity contribution in [1.29, 1.82) is 0 Å². The zero-order valence-corrected chi connectivity index (χ0v) is 14.1. The maximum absolute atomic E-state index is 12.5. The van der Waals surface area contributed by atoms with Crippen LogP contribution in [-0.2, 0) is 35.2 Å². The molecular weight excluding hydrogens is 304 g/mol. The van der Waals surface area contributed by atoms with Gasteiger partial charge in [0, 0.05) is 30.9 Å². The number of rotatable bonds is 3. The van der Waals surface area contributed by atoms with E-state index >= 15 is 0 Å². The summed E-state index contributed by atoms with van der Waals surface area (Å²) in [6, 6.07) is 11.9. The first-order chi connectivity index (χ1) is 11.5. The molecule has 2 aromatic rings. The molecule has 2 aliphatic rings. The second kappa shape index (κ2) is 5.87. The highest BCUT2D eigenvalue weighted by atomic mass is 16.8. The number of hydrogen-bond donors (Lipinski definition) is 0. The molecule has 24 heavy (non-hydrogen) atoms. The Kier molecular flexibility index (Phi) is 3.82. The first kappa shape index (κ1) is 15.6. The Balaban J connectivity index is 1.54. The van der Waals surface area contributed by atoms with E-state index in [-0.39, 0.29) is 17.6 Å². The van der Waals surface area contributed by atoms with Crippen molar-refractivity contribution in [1.82, 2.24) is 0 Å². The Labute approximate surface area is 141 Å². The van der Waals surface area contributed by atoms with Crippen molar-refractivity contribution in [2.45, 2.75) is 57.5 Å². The molecule has 126 valence electrons. The highest BCUT2D eigenvalue weighted by Crippen LogP contribution is 2.35. The highest BCUT2D eigenvalue weighted by Gasteiger charge is 2.45. The van der Waals surface area contributed by atoms with Crippen LogP contribution in [0.5, 0.6) is 0 Å². The predicted octanol–water partition coefficient (Wildman–Crippen LogP) is 3.04. The summed E-state index contributed by atoms with van der Waals surface area (Å²) in [6.07, 6.45) is 2.69. The summed E-state index contributed by atoms with van der Waals surface area (Å²) in [5, 5.41) is 0. The standard InChI is InChI=1S/C20H22O4/c1-20(2)23-18-11-15-16(21)10-14(22-17(15)12-19(18)24-20)9-8-13-6-4-3-5-7-13/h3-7,10,18-19H,8-9,11-12H2,1-2H3/t18-,19+/m0/s1. The lowest BCUT2D eigenvalue weighted by Crippen LogP contribution is -2.35. The molecule has 0 unspecified atom stereocenters. The number of benzene rings is 1. The molecule has 2 heterocycles. The molecule has 1 aliphatic carbocycles. The average Bonchev–Trinajstić information content (AvgIpc) is 2.85. The molecule has 4 rings (SSSR count). The third kappa shape index (κ3) is 3.04. The minimum absolute atomic E-state index is 0.0278. The van der Waals surface area contributed by atoms with Gasteiger partial charge >= 0.3 is 0 Å². The van der Waals surface area contributed by atoms with Crippen LogP contribution in [0.4, 0.5) is 0 Å². The Bertz CT molecular complexity index is 791. The molecule has 1 aromatic heterocycles. The summed E-state index contributed by atoms with van der Waals surface area (Å²) in [5.41, 5.74) is 2.05. The van der Waals surface area contributed by atoms with E-state index in [4.69, 9.17) is 13.9 Å². The van der Waals surface area contributed by atoms with Gasteiger partial charge in [0.1, 0.15) is 11.5 Å². The first-order valence-electron chi connectivity index (χ1n) is 8.54. The minimum Gasteiger partial charge on any atom is -0.465 e. The van der Waals surface area contributed by atoms with Crippen molar-refractivity contribution in [2.24, 2.45) is 0 Å². The molecule has 1 aliphatic heterocycles. The lowest BCUT2D eigenvalue weighted by molar-refractivity contribution is -0.145. The van der Waals surface area contributed by atoms with Crippen LogP contribution in [0.15, 0.2) is 45.6 Å². The van der Waals surface area contributed by atoms with E-state index in [9.17, 15) is 4.79 Å². The normalized spacial score (nSPS) is 24.4. The van der Waals surface area contributed by atoms with Crippen molar-refractivity contribution in [3.63, 3.8) is 0 Å². The van der Waals surface area contributed by atoms with Crippen LogP contribution in [0.2, 0.25) is 0 Å². The second-order valence-electron chi connectivity index (χ2n) is 7.08. The first-order valence-corrected chi connectivity index (χ1v) is 8.54. The molecule has 0 amide bonds. The monoisotopic (exact) mass is 326 g/mol. The van der Waals surface area contributed by atoms with E-state index in [0.29, 0.717) is 12.8 Å². The van der Waals surface area contributed by atoms with Crippen LogP contribution >= 0.6 is 0 Å². The van der Waals surface area contributed by atoms with Gasteiger partial charge in [0.25, 0.3) is 0 Å². The van der Waals surface area contributed by atoms with E-state index in [2.05, 4.69) is 12.1 Å².